The van der Waals surface area contributed by atoms with E-state index in [2.05, 4.69) is 0 Å². The molecule has 0 aromatic carbocycles. The Morgan fingerprint density at radius 3 is 2.40 bits per heavy atom. The molecule has 60 valence electrons. The summed E-state index contributed by atoms with van der Waals surface area (Å²) in [5, 5.41) is 8.88. The number of hydrogen-bond donors (Lipinski definition) is 1. The zero-order valence-electron chi connectivity index (χ0n) is 5.98. The van der Waals surface area contributed by atoms with Gasteiger partial charge in [-0.25, -0.2) is 8.78 Å². The molecule has 0 amide bonds. The van der Waals surface area contributed by atoms with E-state index >= 15 is 0 Å². The molecular formula is C7H12F2O. The van der Waals surface area contributed by atoms with Crippen LogP contribution in [-0.4, -0.2) is 17.1 Å². The van der Waals surface area contributed by atoms with Gasteiger partial charge < -0.3 is 5.11 Å². The van der Waals surface area contributed by atoms with Gasteiger partial charge in [0.25, 0.3) is 5.92 Å². The number of rotatable bonds is 0. The number of aliphatic hydroxyl groups excluding tert-OH is 1. The first kappa shape index (κ1) is 7.92. The second-order valence-corrected chi connectivity index (χ2v) is 3.10. The van der Waals surface area contributed by atoms with Crippen LogP contribution in [0, 0.1) is 5.92 Å². The molecule has 1 rings (SSSR count). The van der Waals surface area contributed by atoms with Crippen LogP contribution in [0.5, 0.6) is 0 Å². The molecule has 3 heteroatoms. The second-order valence-electron chi connectivity index (χ2n) is 3.10. The molecular weight excluding hydrogens is 138 g/mol. The first-order valence-electron chi connectivity index (χ1n) is 3.58. The van der Waals surface area contributed by atoms with Crippen LogP contribution < -0.4 is 0 Å². The Morgan fingerprint density at radius 2 is 2.00 bits per heavy atom. The number of alkyl halides is 2. The molecule has 1 nitrogen and oxygen atoms in total. The number of aliphatic hydroxyl groups is 1. The minimum atomic E-state index is -2.64. The van der Waals surface area contributed by atoms with E-state index < -0.39 is 17.9 Å². The van der Waals surface area contributed by atoms with Gasteiger partial charge in [0.1, 0.15) is 0 Å². The van der Waals surface area contributed by atoms with Crippen LogP contribution in [0.25, 0.3) is 0 Å². The van der Waals surface area contributed by atoms with E-state index in [0.29, 0.717) is 12.8 Å². The highest BCUT2D eigenvalue weighted by atomic mass is 19.3. The molecule has 0 radical (unpaired) electrons. The van der Waals surface area contributed by atoms with E-state index in [4.69, 9.17) is 5.11 Å². The summed E-state index contributed by atoms with van der Waals surface area (Å²) in [5.74, 6) is -3.20. The van der Waals surface area contributed by atoms with Crippen LogP contribution >= 0.6 is 0 Å². The summed E-state index contributed by atoms with van der Waals surface area (Å²) in [6.45, 7) is 1.53. The Balaban J connectivity index is 2.55. The van der Waals surface area contributed by atoms with E-state index in [0.717, 1.165) is 0 Å². The highest BCUT2D eigenvalue weighted by molar-refractivity contribution is 4.83. The third-order valence-electron chi connectivity index (χ3n) is 2.16. The van der Waals surface area contributed by atoms with Crippen molar-refractivity contribution in [3.63, 3.8) is 0 Å². The standard InChI is InChI=1S/C7H12F2O/c1-5-2-3-6(10)4-7(5,8)9/h5-6,10H,2-4H2,1H3. The molecule has 1 saturated carbocycles. The van der Waals surface area contributed by atoms with Crippen molar-refractivity contribution in [3.8, 4) is 0 Å². The third kappa shape index (κ3) is 1.45. The molecule has 2 atom stereocenters. The molecule has 1 N–H and O–H groups in total. The summed E-state index contributed by atoms with van der Waals surface area (Å²) >= 11 is 0. The Hall–Kier alpha value is -0.180. The lowest BCUT2D eigenvalue weighted by atomic mass is 9.85. The molecule has 0 aliphatic heterocycles. The smallest absolute Gasteiger partial charge is 0.253 e. The average Bonchev–Trinajstić information content (AvgIpc) is 1.78. The van der Waals surface area contributed by atoms with E-state index in [1.54, 1.807) is 0 Å². The van der Waals surface area contributed by atoms with Gasteiger partial charge in [0.2, 0.25) is 0 Å². The number of halogens is 2. The lowest BCUT2D eigenvalue weighted by molar-refractivity contribution is -0.114. The predicted octanol–water partition coefficient (Wildman–Crippen LogP) is 1.80. The summed E-state index contributed by atoms with van der Waals surface area (Å²) < 4.78 is 25.4. The van der Waals surface area contributed by atoms with Crippen molar-refractivity contribution in [1.82, 2.24) is 0 Å². The van der Waals surface area contributed by atoms with Gasteiger partial charge in [0, 0.05) is 12.3 Å². The summed E-state index contributed by atoms with van der Waals surface area (Å²) in [5.41, 5.74) is 0. The third-order valence-corrected chi connectivity index (χ3v) is 2.16. The van der Waals surface area contributed by atoms with Crippen molar-refractivity contribution in [2.75, 3.05) is 0 Å². The Kier molecular flexibility index (Phi) is 1.95. The fourth-order valence-corrected chi connectivity index (χ4v) is 1.27. The molecule has 0 saturated heterocycles. The normalized spacial score (nSPS) is 39.6. The fourth-order valence-electron chi connectivity index (χ4n) is 1.27. The minimum Gasteiger partial charge on any atom is -0.393 e. The van der Waals surface area contributed by atoms with Gasteiger partial charge in [-0.05, 0) is 12.8 Å². The van der Waals surface area contributed by atoms with Crippen molar-refractivity contribution in [1.29, 1.82) is 0 Å². The Labute approximate surface area is 59.0 Å². The summed E-state index contributed by atoms with van der Waals surface area (Å²) in [6.07, 6.45) is -0.176. The Bertz CT molecular complexity index is 125. The van der Waals surface area contributed by atoms with Gasteiger partial charge in [-0.15, -0.1) is 0 Å². The van der Waals surface area contributed by atoms with Crippen LogP contribution in [0.4, 0.5) is 8.78 Å². The average molecular weight is 150 g/mol. The first-order valence-corrected chi connectivity index (χ1v) is 3.58. The van der Waals surface area contributed by atoms with Crippen molar-refractivity contribution >= 4 is 0 Å². The molecule has 1 aliphatic carbocycles. The monoisotopic (exact) mass is 150 g/mol. The maximum atomic E-state index is 12.7. The molecule has 0 aromatic heterocycles. The van der Waals surface area contributed by atoms with Crippen molar-refractivity contribution in [3.05, 3.63) is 0 Å². The Morgan fingerprint density at radius 1 is 1.40 bits per heavy atom. The summed E-state index contributed by atoms with van der Waals surface area (Å²) in [4.78, 5) is 0. The molecule has 1 aliphatic rings. The molecule has 0 bridgehead atoms. The molecule has 1 fully saturated rings. The highest BCUT2D eigenvalue weighted by Gasteiger charge is 2.41. The van der Waals surface area contributed by atoms with Crippen LogP contribution in [-0.2, 0) is 0 Å². The molecule has 0 heterocycles. The van der Waals surface area contributed by atoms with E-state index in [1.165, 1.54) is 6.92 Å². The zero-order valence-corrected chi connectivity index (χ0v) is 5.98. The zero-order chi connectivity index (χ0) is 7.78. The van der Waals surface area contributed by atoms with E-state index in [1.807, 2.05) is 0 Å². The summed E-state index contributed by atoms with van der Waals surface area (Å²) in [7, 11) is 0. The quantitative estimate of drug-likeness (QED) is 0.558. The van der Waals surface area contributed by atoms with Crippen LogP contribution in [0.2, 0.25) is 0 Å². The van der Waals surface area contributed by atoms with E-state index in [9.17, 15) is 8.78 Å². The predicted molar refractivity (Wildman–Crippen MR) is 34.0 cm³/mol. The maximum Gasteiger partial charge on any atom is 0.253 e. The van der Waals surface area contributed by atoms with Crippen LogP contribution in [0.3, 0.4) is 0 Å². The van der Waals surface area contributed by atoms with Crippen molar-refractivity contribution < 1.29 is 13.9 Å². The minimum absolute atomic E-state index is 0.353. The van der Waals surface area contributed by atoms with Gasteiger partial charge in [0.05, 0.1) is 6.10 Å². The largest absolute Gasteiger partial charge is 0.393 e. The van der Waals surface area contributed by atoms with Gasteiger partial charge in [-0.3, -0.25) is 0 Å². The van der Waals surface area contributed by atoms with Crippen molar-refractivity contribution in [2.24, 2.45) is 5.92 Å². The van der Waals surface area contributed by atoms with Crippen LogP contribution in [0.15, 0.2) is 0 Å². The number of hydrogen-bond acceptors (Lipinski definition) is 1. The van der Waals surface area contributed by atoms with Crippen LogP contribution in [0.1, 0.15) is 26.2 Å². The first-order chi connectivity index (χ1) is 4.52. The van der Waals surface area contributed by atoms with Gasteiger partial charge in [-0.2, -0.15) is 0 Å². The van der Waals surface area contributed by atoms with E-state index in [-0.39, 0.29) is 6.42 Å². The SMILES string of the molecule is CC1CCC(O)CC1(F)F. The van der Waals surface area contributed by atoms with Gasteiger partial charge in [0.15, 0.2) is 0 Å². The lowest BCUT2D eigenvalue weighted by Crippen LogP contribution is -2.36. The second kappa shape index (κ2) is 2.46. The molecule has 0 aromatic rings. The lowest BCUT2D eigenvalue weighted by Gasteiger charge is -2.31. The van der Waals surface area contributed by atoms with Gasteiger partial charge >= 0.3 is 0 Å². The van der Waals surface area contributed by atoms with Crippen molar-refractivity contribution in [2.45, 2.75) is 38.2 Å². The molecule has 10 heavy (non-hydrogen) atoms. The molecule has 0 spiro atoms. The topological polar surface area (TPSA) is 20.2 Å². The summed E-state index contributed by atoms with van der Waals surface area (Å²) in [6, 6.07) is 0. The van der Waals surface area contributed by atoms with Gasteiger partial charge in [-0.1, -0.05) is 6.92 Å². The highest BCUT2D eigenvalue weighted by Crippen LogP contribution is 2.37. The molecule has 2 unspecified atom stereocenters. The fraction of sp³-hybridized carbons (Fsp3) is 1.00. The maximum absolute atomic E-state index is 12.7.